The number of anilines is 1. The average molecular weight is 361 g/mol. The van der Waals surface area contributed by atoms with E-state index in [0.717, 1.165) is 55.5 Å². The van der Waals surface area contributed by atoms with Crippen molar-refractivity contribution in [3.63, 3.8) is 0 Å². The SMILES string of the molecule is Cc1cc([N+](=O)[O-])cnc1N1CCCN(Cc2ccc(Cl)cc2)CC1. The number of aryl methyl sites for hydroxylation is 1. The maximum absolute atomic E-state index is 10.9. The molecule has 1 fully saturated rings. The first-order valence-corrected chi connectivity index (χ1v) is 8.73. The Morgan fingerprint density at radius 3 is 2.64 bits per heavy atom. The van der Waals surface area contributed by atoms with Gasteiger partial charge in [-0.2, -0.15) is 0 Å². The number of hydrogen-bond acceptors (Lipinski definition) is 5. The van der Waals surface area contributed by atoms with Crippen molar-refractivity contribution in [2.75, 3.05) is 31.1 Å². The van der Waals surface area contributed by atoms with E-state index in [2.05, 4.69) is 26.9 Å². The summed E-state index contributed by atoms with van der Waals surface area (Å²) in [5, 5.41) is 11.6. The van der Waals surface area contributed by atoms with Gasteiger partial charge >= 0.3 is 0 Å². The fourth-order valence-corrected chi connectivity index (χ4v) is 3.30. The Kier molecular flexibility index (Phi) is 5.50. The standard InChI is InChI=1S/C18H21ClN4O2/c1-14-11-17(23(24)25)12-20-18(14)22-8-2-7-21(9-10-22)13-15-3-5-16(19)6-4-15/h3-6,11-12H,2,7-10,13H2,1H3. The smallest absolute Gasteiger partial charge is 0.287 e. The first-order chi connectivity index (χ1) is 12.0. The molecule has 0 saturated carbocycles. The molecule has 6 nitrogen and oxygen atoms in total. The van der Waals surface area contributed by atoms with E-state index in [0.29, 0.717) is 0 Å². The highest BCUT2D eigenvalue weighted by molar-refractivity contribution is 6.30. The monoisotopic (exact) mass is 360 g/mol. The average Bonchev–Trinajstić information content (AvgIpc) is 2.82. The highest BCUT2D eigenvalue weighted by Gasteiger charge is 2.19. The number of rotatable bonds is 4. The number of nitro groups is 1. The lowest BCUT2D eigenvalue weighted by Crippen LogP contribution is -2.31. The zero-order chi connectivity index (χ0) is 17.8. The molecule has 0 bridgehead atoms. The molecule has 0 unspecified atom stereocenters. The third-order valence-corrected chi connectivity index (χ3v) is 4.71. The summed E-state index contributed by atoms with van der Waals surface area (Å²) in [5.74, 6) is 0.846. The molecule has 0 radical (unpaired) electrons. The Balaban J connectivity index is 1.65. The van der Waals surface area contributed by atoms with Gasteiger partial charge < -0.3 is 4.90 Å². The molecule has 0 N–H and O–H groups in total. The largest absolute Gasteiger partial charge is 0.355 e. The molecular weight excluding hydrogens is 340 g/mol. The van der Waals surface area contributed by atoms with Crippen molar-refractivity contribution in [2.45, 2.75) is 19.9 Å². The Bertz CT molecular complexity index is 751. The minimum Gasteiger partial charge on any atom is -0.355 e. The zero-order valence-electron chi connectivity index (χ0n) is 14.2. The van der Waals surface area contributed by atoms with Gasteiger partial charge in [0.05, 0.1) is 4.92 Å². The topological polar surface area (TPSA) is 62.5 Å². The third kappa shape index (κ3) is 4.46. The molecule has 1 aliphatic heterocycles. The lowest BCUT2D eigenvalue weighted by molar-refractivity contribution is -0.385. The Labute approximate surface area is 152 Å². The van der Waals surface area contributed by atoms with Gasteiger partial charge in [0.1, 0.15) is 12.0 Å². The van der Waals surface area contributed by atoms with Crippen molar-refractivity contribution in [3.8, 4) is 0 Å². The van der Waals surface area contributed by atoms with Gasteiger partial charge in [-0.3, -0.25) is 15.0 Å². The number of hydrogen-bond donors (Lipinski definition) is 0. The molecule has 1 aromatic carbocycles. The molecule has 25 heavy (non-hydrogen) atoms. The van der Waals surface area contributed by atoms with Crippen LogP contribution in [0.5, 0.6) is 0 Å². The van der Waals surface area contributed by atoms with E-state index < -0.39 is 4.92 Å². The van der Waals surface area contributed by atoms with Crippen molar-refractivity contribution in [3.05, 3.63) is 62.8 Å². The Morgan fingerprint density at radius 2 is 1.96 bits per heavy atom. The molecule has 1 saturated heterocycles. The number of halogens is 1. The van der Waals surface area contributed by atoms with E-state index in [1.165, 1.54) is 11.8 Å². The molecular formula is C18H21ClN4O2. The molecule has 2 heterocycles. The van der Waals surface area contributed by atoms with E-state index in [4.69, 9.17) is 11.6 Å². The molecule has 7 heteroatoms. The summed E-state index contributed by atoms with van der Waals surface area (Å²) in [6.07, 6.45) is 2.38. The lowest BCUT2D eigenvalue weighted by Gasteiger charge is -2.24. The predicted molar refractivity (Wildman–Crippen MR) is 99.2 cm³/mol. The van der Waals surface area contributed by atoms with Gasteiger partial charge in [0.25, 0.3) is 5.69 Å². The molecule has 0 atom stereocenters. The first-order valence-electron chi connectivity index (χ1n) is 8.36. The molecule has 0 amide bonds. The van der Waals surface area contributed by atoms with Crippen LogP contribution >= 0.6 is 11.6 Å². The summed E-state index contributed by atoms with van der Waals surface area (Å²) < 4.78 is 0. The summed E-state index contributed by atoms with van der Waals surface area (Å²) >= 11 is 5.94. The van der Waals surface area contributed by atoms with Gasteiger partial charge in [0.15, 0.2) is 0 Å². The Morgan fingerprint density at radius 1 is 1.20 bits per heavy atom. The highest BCUT2D eigenvalue weighted by Crippen LogP contribution is 2.23. The van der Waals surface area contributed by atoms with E-state index in [1.54, 1.807) is 6.07 Å². The van der Waals surface area contributed by atoms with Crippen LogP contribution in [0.4, 0.5) is 11.5 Å². The third-order valence-electron chi connectivity index (χ3n) is 4.45. The molecule has 132 valence electrons. The van der Waals surface area contributed by atoms with Crippen LogP contribution in [0.3, 0.4) is 0 Å². The van der Waals surface area contributed by atoms with Gasteiger partial charge in [-0.15, -0.1) is 0 Å². The predicted octanol–water partition coefficient (Wildman–Crippen LogP) is 3.66. The molecule has 3 rings (SSSR count). The fourth-order valence-electron chi connectivity index (χ4n) is 3.17. The normalized spacial score (nSPS) is 15.8. The van der Waals surface area contributed by atoms with E-state index in [1.807, 2.05) is 19.1 Å². The van der Waals surface area contributed by atoms with Crippen LogP contribution in [-0.2, 0) is 6.54 Å². The van der Waals surface area contributed by atoms with Crippen molar-refractivity contribution < 1.29 is 4.92 Å². The van der Waals surface area contributed by atoms with Gasteiger partial charge in [0.2, 0.25) is 0 Å². The molecule has 0 spiro atoms. The minimum absolute atomic E-state index is 0.0421. The highest BCUT2D eigenvalue weighted by atomic mass is 35.5. The first kappa shape index (κ1) is 17.6. The van der Waals surface area contributed by atoms with E-state index in [9.17, 15) is 10.1 Å². The number of nitrogens with zero attached hydrogens (tertiary/aromatic N) is 4. The molecule has 1 aromatic heterocycles. The van der Waals surface area contributed by atoms with Crippen molar-refractivity contribution in [2.24, 2.45) is 0 Å². The summed E-state index contributed by atoms with van der Waals surface area (Å²) in [6, 6.07) is 9.56. The fraction of sp³-hybridized carbons (Fsp3) is 0.389. The number of pyridine rings is 1. The molecule has 0 aliphatic carbocycles. The second kappa shape index (κ2) is 7.80. The summed E-state index contributed by atoms with van der Waals surface area (Å²) in [5.41, 5.74) is 2.14. The van der Waals surface area contributed by atoms with Gasteiger partial charge in [-0.05, 0) is 36.6 Å². The van der Waals surface area contributed by atoms with Crippen molar-refractivity contribution in [1.82, 2.24) is 9.88 Å². The van der Waals surface area contributed by atoms with Gasteiger partial charge in [-0.1, -0.05) is 23.7 Å². The minimum atomic E-state index is -0.403. The van der Waals surface area contributed by atoms with Crippen LogP contribution in [0.1, 0.15) is 17.5 Å². The number of benzene rings is 1. The van der Waals surface area contributed by atoms with Crippen molar-refractivity contribution >= 4 is 23.1 Å². The Hall–Kier alpha value is -2.18. The van der Waals surface area contributed by atoms with Crippen LogP contribution in [0, 0.1) is 17.0 Å². The van der Waals surface area contributed by atoms with Crippen LogP contribution < -0.4 is 4.90 Å². The zero-order valence-corrected chi connectivity index (χ0v) is 14.9. The van der Waals surface area contributed by atoms with Crippen LogP contribution in [0.2, 0.25) is 5.02 Å². The molecule has 2 aromatic rings. The van der Waals surface area contributed by atoms with Gasteiger partial charge in [-0.25, -0.2) is 4.98 Å². The summed E-state index contributed by atoms with van der Waals surface area (Å²) in [4.78, 5) is 19.4. The second-order valence-electron chi connectivity index (χ2n) is 6.33. The maximum atomic E-state index is 10.9. The van der Waals surface area contributed by atoms with E-state index >= 15 is 0 Å². The second-order valence-corrected chi connectivity index (χ2v) is 6.77. The maximum Gasteiger partial charge on any atom is 0.287 e. The lowest BCUT2D eigenvalue weighted by atomic mass is 10.2. The molecule has 1 aliphatic rings. The van der Waals surface area contributed by atoms with Crippen LogP contribution in [0.15, 0.2) is 36.5 Å². The van der Waals surface area contributed by atoms with E-state index in [-0.39, 0.29) is 5.69 Å². The van der Waals surface area contributed by atoms with Crippen LogP contribution in [0.25, 0.3) is 0 Å². The summed E-state index contributed by atoms with van der Waals surface area (Å²) in [6.45, 7) is 6.50. The van der Waals surface area contributed by atoms with Gasteiger partial charge in [0, 0.05) is 43.8 Å². The van der Waals surface area contributed by atoms with Crippen molar-refractivity contribution in [1.29, 1.82) is 0 Å². The summed E-state index contributed by atoms with van der Waals surface area (Å²) in [7, 11) is 0. The number of aromatic nitrogens is 1. The quantitative estimate of drug-likeness (QED) is 0.615. The van der Waals surface area contributed by atoms with Crippen LogP contribution in [-0.4, -0.2) is 41.0 Å².